The normalized spacial score (nSPS) is 14.9. The lowest BCUT2D eigenvalue weighted by molar-refractivity contribution is -0.384. The highest BCUT2D eigenvalue weighted by Gasteiger charge is 2.29. The number of nitrogens with zero attached hydrogens (tertiary/aromatic N) is 3. The van der Waals surface area contributed by atoms with E-state index in [2.05, 4.69) is 9.97 Å². The molecular weight excluding hydrogens is 372 g/mol. The van der Waals surface area contributed by atoms with Crippen LogP contribution in [0, 0.1) is 16.0 Å². The van der Waals surface area contributed by atoms with E-state index in [1.165, 1.54) is 0 Å². The minimum absolute atomic E-state index is 0.0394. The van der Waals surface area contributed by atoms with Gasteiger partial charge in [0, 0.05) is 24.7 Å². The minimum atomic E-state index is -0.362. The van der Waals surface area contributed by atoms with E-state index in [1.54, 1.807) is 19.1 Å². The van der Waals surface area contributed by atoms with Crippen LogP contribution in [0.15, 0.2) is 42.5 Å². The van der Waals surface area contributed by atoms with Crippen LogP contribution in [0.4, 0.5) is 11.4 Å². The maximum Gasteiger partial charge on any atom is 0.309 e. The fourth-order valence-electron chi connectivity index (χ4n) is 3.79. The third kappa shape index (κ3) is 3.78. The van der Waals surface area contributed by atoms with Crippen LogP contribution < -0.4 is 4.90 Å². The van der Waals surface area contributed by atoms with Crippen LogP contribution in [-0.2, 0) is 9.53 Å². The van der Waals surface area contributed by atoms with Crippen LogP contribution in [-0.4, -0.2) is 40.6 Å². The van der Waals surface area contributed by atoms with Gasteiger partial charge in [-0.1, -0.05) is 12.1 Å². The van der Waals surface area contributed by atoms with Gasteiger partial charge in [0.1, 0.15) is 11.5 Å². The summed E-state index contributed by atoms with van der Waals surface area (Å²) in [4.78, 5) is 33.0. The molecular formula is C21H22N4O4. The number of esters is 1. The maximum absolute atomic E-state index is 11.9. The summed E-state index contributed by atoms with van der Waals surface area (Å²) in [6.07, 6.45) is 1.25. The van der Waals surface area contributed by atoms with E-state index < -0.39 is 0 Å². The summed E-state index contributed by atoms with van der Waals surface area (Å²) in [5, 5.41) is 11.8. The second-order valence-corrected chi connectivity index (χ2v) is 7.08. The molecule has 0 saturated carbocycles. The van der Waals surface area contributed by atoms with Crippen molar-refractivity contribution in [3.8, 4) is 11.4 Å². The smallest absolute Gasteiger partial charge is 0.309 e. The third-order valence-electron chi connectivity index (χ3n) is 5.29. The predicted octanol–water partition coefficient (Wildman–Crippen LogP) is 3.92. The van der Waals surface area contributed by atoms with Crippen LogP contribution in [0.3, 0.4) is 0 Å². The number of benzene rings is 2. The van der Waals surface area contributed by atoms with Crippen LogP contribution in [0.25, 0.3) is 22.4 Å². The highest BCUT2D eigenvalue weighted by atomic mass is 16.6. The Morgan fingerprint density at radius 3 is 2.72 bits per heavy atom. The van der Waals surface area contributed by atoms with Crippen LogP contribution in [0.1, 0.15) is 19.8 Å². The molecule has 0 unspecified atom stereocenters. The Labute approximate surface area is 167 Å². The van der Waals surface area contributed by atoms with Crippen molar-refractivity contribution < 1.29 is 14.5 Å². The van der Waals surface area contributed by atoms with Crippen molar-refractivity contribution in [2.24, 2.45) is 5.92 Å². The number of nitro benzene ring substituents is 1. The number of para-hydroxylation sites is 2. The molecule has 8 heteroatoms. The van der Waals surface area contributed by atoms with Crippen LogP contribution in [0.2, 0.25) is 0 Å². The van der Waals surface area contributed by atoms with Gasteiger partial charge in [0.15, 0.2) is 0 Å². The Morgan fingerprint density at radius 2 is 2.03 bits per heavy atom. The maximum atomic E-state index is 11.9. The summed E-state index contributed by atoms with van der Waals surface area (Å²) in [7, 11) is 0. The van der Waals surface area contributed by atoms with E-state index in [-0.39, 0.29) is 22.5 Å². The summed E-state index contributed by atoms with van der Waals surface area (Å²) >= 11 is 0. The molecule has 1 aliphatic heterocycles. The lowest BCUT2D eigenvalue weighted by Crippen LogP contribution is -2.37. The monoisotopic (exact) mass is 394 g/mol. The van der Waals surface area contributed by atoms with E-state index in [0.29, 0.717) is 49.6 Å². The third-order valence-corrected chi connectivity index (χ3v) is 5.29. The molecule has 0 atom stereocenters. The van der Waals surface area contributed by atoms with Gasteiger partial charge >= 0.3 is 5.97 Å². The summed E-state index contributed by atoms with van der Waals surface area (Å²) in [6, 6.07) is 12.8. The van der Waals surface area contributed by atoms with Gasteiger partial charge in [0.25, 0.3) is 5.69 Å². The van der Waals surface area contributed by atoms with Crippen molar-refractivity contribution >= 4 is 28.4 Å². The number of piperidine rings is 1. The van der Waals surface area contributed by atoms with Gasteiger partial charge in [-0.15, -0.1) is 0 Å². The molecule has 29 heavy (non-hydrogen) atoms. The second kappa shape index (κ2) is 7.90. The molecule has 2 heterocycles. The van der Waals surface area contributed by atoms with Crippen molar-refractivity contribution in [2.45, 2.75) is 19.8 Å². The molecule has 4 rings (SSSR count). The number of aromatic amines is 1. The number of ether oxygens (including phenoxy) is 1. The Morgan fingerprint density at radius 1 is 1.28 bits per heavy atom. The zero-order chi connectivity index (χ0) is 20.4. The summed E-state index contributed by atoms with van der Waals surface area (Å²) in [6.45, 7) is 3.32. The van der Waals surface area contributed by atoms with Crippen molar-refractivity contribution in [2.75, 3.05) is 24.6 Å². The van der Waals surface area contributed by atoms with Gasteiger partial charge in [0.2, 0.25) is 0 Å². The van der Waals surface area contributed by atoms with Gasteiger partial charge < -0.3 is 14.6 Å². The van der Waals surface area contributed by atoms with Crippen molar-refractivity contribution in [3.63, 3.8) is 0 Å². The fourth-order valence-corrected chi connectivity index (χ4v) is 3.79. The molecule has 3 aromatic rings. The molecule has 0 amide bonds. The first-order valence-corrected chi connectivity index (χ1v) is 9.72. The quantitative estimate of drug-likeness (QED) is 0.400. The number of anilines is 1. The number of hydrogen-bond acceptors (Lipinski definition) is 6. The zero-order valence-corrected chi connectivity index (χ0v) is 16.1. The molecule has 0 aliphatic carbocycles. The van der Waals surface area contributed by atoms with E-state index in [4.69, 9.17) is 4.74 Å². The molecule has 150 valence electrons. The van der Waals surface area contributed by atoms with Gasteiger partial charge in [-0.05, 0) is 44.0 Å². The zero-order valence-electron chi connectivity index (χ0n) is 16.1. The number of hydrogen-bond donors (Lipinski definition) is 1. The number of aromatic nitrogens is 2. The number of nitrogens with one attached hydrogen (secondary N) is 1. The number of rotatable bonds is 5. The predicted molar refractivity (Wildman–Crippen MR) is 110 cm³/mol. The molecule has 0 radical (unpaired) electrons. The standard InChI is InChI=1S/C21H22N4O4/c1-2-29-21(26)14-9-11-24(12-10-14)18-8-7-15(13-19(18)25(27)28)20-22-16-5-3-4-6-17(16)23-20/h3-8,13-14H,2,9-12H2,1H3,(H,22,23). The average molecular weight is 394 g/mol. The second-order valence-electron chi connectivity index (χ2n) is 7.08. The number of fused-ring (bicyclic) bond motifs is 1. The van der Waals surface area contributed by atoms with E-state index >= 15 is 0 Å². The highest BCUT2D eigenvalue weighted by Crippen LogP contribution is 2.35. The lowest BCUT2D eigenvalue weighted by Gasteiger charge is -2.32. The highest BCUT2D eigenvalue weighted by molar-refractivity contribution is 5.81. The summed E-state index contributed by atoms with van der Waals surface area (Å²) in [5.41, 5.74) is 2.97. The molecule has 1 aromatic heterocycles. The first-order valence-electron chi connectivity index (χ1n) is 9.72. The molecule has 0 spiro atoms. The van der Waals surface area contributed by atoms with Gasteiger partial charge in [-0.2, -0.15) is 0 Å². The Kier molecular flexibility index (Phi) is 5.16. The molecule has 1 aliphatic rings. The van der Waals surface area contributed by atoms with Crippen molar-refractivity contribution in [3.05, 3.63) is 52.6 Å². The number of H-pyrrole nitrogens is 1. The number of imidazole rings is 1. The van der Waals surface area contributed by atoms with Gasteiger partial charge in [0.05, 0.1) is 28.5 Å². The largest absolute Gasteiger partial charge is 0.466 e. The molecule has 8 nitrogen and oxygen atoms in total. The van der Waals surface area contributed by atoms with Gasteiger partial charge in [-0.3, -0.25) is 14.9 Å². The fraction of sp³-hybridized carbons (Fsp3) is 0.333. The summed E-state index contributed by atoms with van der Waals surface area (Å²) < 4.78 is 5.10. The number of carbonyl (C=O) groups excluding carboxylic acids is 1. The lowest BCUT2D eigenvalue weighted by atomic mass is 9.96. The molecule has 0 bridgehead atoms. The first-order chi connectivity index (χ1) is 14.1. The number of carbonyl (C=O) groups is 1. The Bertz CT molecular complexity index is 1020. The minimum Gasteiger partial charge on any atom is -0.466 e. The molecule has 1 fully saturated rings. The van der Waals surface area contributed by atoms with Crippen molar-refractivity contribution in [1.29, 1.82) is 0 Å². The van der Waals surface area contributed by atoms with Crippen LogP contribution >= 0.6 is 0 Å². The molecule has 1 N–H and O–H groups in total. The van der Waals surface area contributed by atoms with E-state index in [1.807, 2.05) is 35.2 Å². The first kappa shape index (κ1) is 18.9. The average Bonchev–Trinajstić information content (AvgIpc) is 3.18. The number of nitro groups is 1. The van der Waals surface area contributed by atoms with Crippen LogP contribution in [0.5, 0.6) is 0 Å². The van der Waals surface area contributed by atoms with Crippen molar-refractivity contribution in [1.82, 2.24) is 9.97 Å². The topological polar surface area (TPSA) is 101 Å². The van der Waals surface area contributed by atoms with Gasteiger partial charge in [-0.25, -0.2) is 4.98 Å². The van der Waals surface area contributed by atoms with E-state index in [0.717, 1.165) is 11.0 Å². The summed E-state index contributed by atoms with van der Waals surface area (Å²) in [5.74, 6) is 0.281. The molecule has 1 saturated heterocycles. The van der Waals surface area contributed by atoms with E-state index in [9.17, 15) is 14.9 Å². The SMILES string of the molecule is CCOC(=O)C1CCN(c2ccc(-c3nc4ccccc4[nH]3)cc2[N+](=O)[O-])CC1. The Hall–Kier alpha value is -3.42. The Balaban J connectivity index is 1.59. The molecule has 2 aromatic carbocycles.